The van der Waals surface area contributed by atoms with Crippen molar-refractivity contribution in [2.24, 2.45) is 0 Å². The molecule has 2 aromatic rings. The minimum absolute atomic E-state index is 0. The molecule has 0 fully saturated rings. The SMILES string of the molecule is Cl.Sc1ccc2ccccc2c1. The van der Waals surface area contributed by atoms with Crippen LogP contribution in [0.15, 0.2) is 47.4 Å². The molecule has 0 aliphatic rings. The van der Waals surface area contributed by atoms with Gasteiger partial charge in [0.1, 0.15) is 0 Å². The first-order valence-corrected chi connectivity index (χ1v) is 3.99. The number of thiol groups is 1. The molecular formula is C10H9ClS. The number of benzene rings is 2. The predicted molar refractivity (Wildman–Crippen MR) is 58.4 cm³/mol. The topological polar surface area (TPSA) is 0 Å². The normalized spacial score (nSPS) is 9.42. The third kappa shape index (κ3) is 1.74. The molecule has 0 aliphatic carbocycles. The zero-order valence-corrected chi connectivity index (χ0v) is 8.11. The number of hydrogen-bond donors (Lipinski definition) is 1. The van der Waals surface area contributed by atoms with Crippen molar-refractivity contribution in [2.45, 2.75) is 4.90 Å². The van der Waals surface area contributed by atoms with Crippen LogP contribution in [0.4, 0.5) is 0 Å². The molecule has 2 heteroatoms. The van der Waals surface area contributed by atoms with E-state index in [0.29, 0.717) is 0 Å². The molecular weight excluding hydrogens is 188 g/mol. The first kappa shape index (κ1) is 9.43. The molecule has 0 bridgehead atoms. The van der Waals surface area contributed by atoms with Crippen LogP contribution in [0, 0.1) is 0 Å². The van der Waals surface area contributed by atoms with Gasteiger partial charge in [0.2, 0.25) is 0 Å². The summed E-state index contributed by atoms with van der Waals surface area (Å²) in [6.07, 6.45) is 0. The van der Waals surface area contributed by atoms with E-state index in [-0.39, 0.29) is 12.4 Å². The first-order valence-electron chi connectivity index (χ1n) is 3.54. The molecule has 0 spiro atoms. The molecule has 62 valence electrons. The van der Waals surface area contributed by atoms with Crippen molar-refractivity contribution in [1.82, 2.24) is 0 Å². The highest BCUT2D eigenvalue weighted by atomic mass is 35.5. The summed E-state index contributed by atoms with van der Waals surface area (Å²) in [5.74, 6) is 0. The Morgan fingerprint density at radius 1 is 0.833 bits per heavy atom. The highest BCUT2D eigenvalue weighted by molar-refractivity contribution is 7.80. The van der Waals surface area contributed by atoms with Crippen LogP contribution < -0.4 is 0 Å². The molecule has 0 saturated heterocycles. The Labute approximate surface area is 83.4 Å². The number of fused-ring (bicyclic) bond motifs is 1. The summed E-state index contributed by atoms with van der Waals surface area (Å²) in [7, 11) is 0. The molecule has 0 saturated carbocycles. The minimum Gasteiger partial charge on any atom is -0.147 e. The zero-order valence-electron chi connectivity index (χ0n) is 6.40. The predicted octanol–water partition coefficient (Wildman–Crippen LogP) is 3.55. The molecule has 2 aromatic carbocycles. The van der Waals surface area contributed by atoms with E-state index in [4.69, 9.17) is 0 Å². The van der Waals surface area contributed by atoms with E-state index in [9.17, 15) is 0 Å². The van der Waals surface area contributed by atoms with Crippen molar-refractivity contribution >= 4 is 35.8 Å². The quantitative estimate of drug-likeness (QED) is 0.613. The maximum atomic E-state index is 4.26. The largest absolute Gasteiger partial charge is 0.147 e. The zero-order chi connectivity index (χ0) is 7.68. The van der Waals surface area contributed by atoms with Crippen LogP contribution >= 0.6 is 25.0 Å². The average molecular weight is 197 g/mol. The maximum Gasteiger partial charge on any atom is 0.00463 e. The molecule has 0 amide bonds. The van der Waals surface area contributed by atoms with Crippen LogP contribution in [-0.4, -0.2) is 0 Å². The third-order valence-corrected chi connectivity index (χ3v) is 2.01. The third-order valence-electron chi connectivity index (χ3n) is 1.73. The van der Waals surface area contributed by atoms with Crippen molar-refractivity contribution < 1.29 is 0 Å². The smallest absolute Gasteiger partial charge is 0.00463 e. The lowest BCUT2D eigenvalue weighted by Crippen LogP contribution is -1.70. The van der Waals surface area contributed by atoms with Gasteiger partial charge >= 0.3 is 0 Å². The fourth-order valence-corrected chi connectivity index (χ4v) is 1.39. The van der Waals surface area contributed by atoms with E-state index < -0.39 is 0 Å². The number of halogens is 1. The molecule has 12 heavy (non-hydrogen) atoms. The van der Waals surface area contributed by atoms with Gasteiger partial charge in [-0.3, -0.25) is 0 Å². The maximum absolute atomic E-state index is 4.26. The van der Waals surface area contributed by atoms with Crippen LogP contribution in [0.2, 0.25) is 0 Å². The Bertz CT molecular complexity index is 384. The van der Waals surface area contributed by atoms with Gasteiger partial charge in [-0.15, -0.1) is 25.0 Å². The molecule has 0 aromatic heterocycles. The molecule has 0 atom stereocenters. The monoisotopic (exact) mass is 196 g/mol. The van der Waals surface area contributed by atoms with Crippen LogP contribution in [0.3, 0.4) is 0 Å². The van der Waals surface area contributed by atoms with E-state index in [0.717, 1.165) is 4.90 Å². The fraction of sp³-hybridized carbons (Fsp3) is 0. The lowest BCUT2D eigenvalue weighted by molar-refractivity contribution is 1.53. The van der Waals surface area contributed by atoms with Crippen molar-refractivity contribution in [3.8, 4) is 0 Å². The number of rotatable bonds is 0. The van der Waals surface area contributed by atoms with Crippen LogP contribution in [0.1, 0.15) is 0 Å². The average Bonchev–Trinajstić information content (AvgIpc) is 2.04. The van der Waals surface area contributed by atoms with Crippen molar-refractivity contribution in [2.75, 3.05) is 0 Å². The van der Waals surface area contributed by atoms with Crippen molar-refractivity contribution in [3.63, 3.8) is 0 Å². The second-order valence-corrected chi connectivity index (χ2v) is 3.05. The molecule has 0 radical (unpaired) electrons. The summed E-state index contributed by atoms with van der Waals surface area (Å²) in [6.45, 7) is 0. The van der Waals surface area contributed by atoms with Crippen LogP contribution in [-0.2, 0) is 0 Å². The van der Waals surface area contributed by atoms with Gasteiger partial charge in [-0.25, -0.2) is 0 Å². The summed E-state index contributed by atoms with van der Waals surface area (Å²) in [5, 5.41) is 2.52. The molecule has 2 rings (SSSR count). The van der Waals surface area contributed by atoms with Gasteiger partial charge in [-0.1, -0.05) is 30.3 Å². The number of hydrogen-bond acceptors (Lipinski definition) is 1. The fourth-order valence-electron chi connectivity index (χ4n) is 1.18. The van der Waals surface area contributed by atoms with E-state index in [1.165, 1.54) is 10.8 Å². The summed E-state index contributed by atoms with van der Waals surface area (Å²) < 4.78 is 0. The van der Waals surface area contributed by atoms with Gasteiger partial charge in [0.05, 0.1) is 0 Å². The molecule has 0 nitrogen and oxygen atoms in total. The Hall–Kier alpha value is -0.660. The summed E-state index contributed by atoms with van der Waals surface area (Å²) in [6, 6.07) is 14.4. The van der Waals surface area contributed by atoms with Gasteiger partial charge in [0.25, 0.3) is 0 Å². The van der Waals surface area contributed by atoms with E-state index in [1.54, 1.807) is 0 Å². The summed E-state index contributed by atoms with van der Waals surface area (Å²) in [5.41, 5.74) is 0. The lowest BCUT2D eigenvalue weighted by atomic mass is 10.1. The summed E-state index contributed by atoms with van der Waals surface area (Å²) in [4.78, 5) is 1.02. The highest BCUT2D eigenvalue weighted by Crippen LogP contribution is 2.17. The Balaban J connectivity index is 0.000000720. The Kier molecular flexibility index (Phi) is 3.01. The van der Waals surface area contributed by atoms with Gasteiger partial charge in [0.15, 0.2) is 0 Å². The summed E-state index contributed by atoms with van der Waals surface area (Å²) >= 11 is 4.26. The molecule has 0 heterocycles. The van der Waals surface area contributed by atoms with Crippen molar-refractivity contribution in [1.29, 1.82) is 0 Å². The molecule has 0 N–H and O–H groups in total. The van der Waals surface area contributed by atoms with Gasteiger partial charge in [-0.2, -0.15) is 0 Å². The second kappa shape index (κ2) is 3.83. The molecule has 0 aliphatic heterocycles. The van der Waals surface area contributed by atoms with Crippen molar-refractivity contribution in [3.05, 3.63) is 42.5 Å². The Morgan fingerprint density at radius 2 is 1.50 bits per heavy atom. The molecule has 0 unspecified atom stereocenters. The minimum atomic E-state index is 0. The standard InChI is InChI=1S/C10H8S.ClH/c11-10-6-5-8-3-1-2-4-9(8)7-10;/h1-7,11H;1H. The van der Waals surface area contributed by atoms with Crippen LogP contribution in [0.5, 0.6) is 0 Å². The van der Waals surface area contributed by atoms with Gasteiger partial charge < -0.3 is 0 Å². The Morgan fingerprint density at radius 3 is 2.25 bits per heavy atom. The first-order chi connectivity index (χ1) is 5.36. The van der Waals surface area contributed by atoms with E-state index in [1.807, 2.05) is 18.2 Å². The second-order valence-electron chi connectivity index (χ2n) is 2.53. The van der Waals surface area contributed by atoms with E-state index in [2.05, 4.69) is 36.9 Å². The van der Waals surface area contributed by atoms with Gasteiger partial charge in [0, 0.05) is 4.90 Å². The van der Waals surface area contributed by atoms with Gasteiger partial charge in [-0.05, 0) is 22.9 Å². The van der Waals surface area contributed by atoms with Crippen LogP contribution in [0.25, 0.3) is 10.8 Å². The lowest BCUT2D eigenvalue weighted by Gasteiger charge is -1.96. The van der Waals surface area contributed by atoms with E-state index >= 15 is 0 Å². The highest BCUT2D eigenvalue weighted by Gasteiger charge is 1.90.